The van der Waals surface area contributed by atoms with Gasteiger partial charge in [-0.15, -0.1) is 0 Å². The van der Waals surface area contributed by atoms with Crippen molar-refractivity contribution in [3.05, 3.63) is 22.7 Å². The fourth-order valence-electron chi connectivity index (χ4n) is 3.35. The van der Waals surface area contributed by atoms with Crippen molar-refractivity contribution in [2.45, 2.75) is 45.6 Å². The van der Waals surface area contributed by atoms with E-state index in [0.29, 0.717) is 17.4 Å². The molecule has 2 N–H and O–H groups in total. The van der Waals surface area contributed by atoms with Gasteiger partial charge in [0.1, 0.15) is 0 Å². The summed E-state index contributed by atoms with van der Waals surface area (Å²) in [5.74, 6) is 0.649. The van der Waals surface area contributed by atoms with Crippen molar-refractivity contribution in [2.75, 3.05) is 5.73 Å². The molecule has 2 aromatic rings. The van der Waals surface area contributed by atoms with Gasteiger partial charge < -0.3 is 10.3 Å². The van der Waals surface area contributed by atoms with Crippen LogP contribution < -0.4 is 5.73 Å². The predicted molar refractivity (Wildman–Crippen MR) is 83.1 cm³/mol. The summed E-state index contributed by atoms with van der Waals surface area (Å²) in [6.45, 7) is 4.70. The lowest BCUT2D eigenvalue weighted by Gasteiger charge is -2.36. The molecule has 102 valence electrons. The molecule has 1 atom stereocenters. The summed E-state index contributed by atoms with van der Waals surface area (Å²) in [5.41, 5.74) is 8.70. The lowest BCUT2D eigenvalue weighted by molar-refractivity contribution is 0.187. The van der Waals surface area contributed by atoms with Crippen LogP contribution in [-0.4, -0.2) is 9.55 Å². The first kappa shape index (κ1) is 13.0. The molecule has 0 saturated heterocycles. The monoisotopic (exact) mass is 321 g/mol. The Labute approximate surface area is 122 Å². The van der Waals surface area contributed by atoms with Gasteiger partial charge in [0.05, 0.1) is 11.0 Å². The normalized spacial score (nSPS) is 22.8. The first-order valence-electron chi connectivity index (χ1n) is 6.89. The highest BCUT2D eigenvalue weighted by atomic mass is 79.9. The quantitative estimate of drug-likeness (QED) is 0.839. The maximum Gasteiger partial charge on any atom is 0.201 e. The smallest absolute Gasteiger partial charge is 0.201 e. The second kappa shape index (κ2) is 4.51. The number of nitrogen functional groups attached to an aromatic ring is 1. The Hall–Kier alpha value is -1.03. The number of imidazole rings is 1. The van der Waals surface area contributed by atoms with Gasteiger partial charge in [0.2, 0.25) is 5.95 Å². The van der Waals surface area contributed by atoms with Crippen LogP contribution in [0.2, 0.25) is 0 Å². The second-order valence-corrected chi connectivity index (χ2v) is 7.30. The summed E-state index contributed by atoms with van der Waals surface area (Å²) in [6.07, 6.45) is 4.96. The molecular formula is C15H20BrN3. The Morgan fingerprint density at radius 1 is 1.42 bits per heavy atom. The van der Waals surface area contributed by atoms with Crippen LogP contribution in [0, 0.1) is 5.41 Å². The lowest BCUT2D eigenvalue weighted by Crippen LogP contribution is -2.25. The summed E-state index contributed by atoms with van der Waals surface area (Å²) < 4.78 is 3.29. The first-order chi connectivity index (χ1) is 8.96. The largest absolute Gasteiger partial charge is 0.369 e. The molecule has 0 radical (unpaired) electrons. The van der Waals surface area contributed by atoms with Gasteiger partial charge in [-0.3, -0.25) is 0 Å². The Morgan fingerprint density at radius 2 is 2.21 bits per heavy atom. The van der Waals surface area contributed by atoms with E-state index >= 15 is 0 Å². The van der Waals surface area contributed by atoms with E-state index in [-0.39, 0.29) is 0 Å². The number of fused-ring (bicyclic) bond motifs is 1. The molecule has 1 aromatic carbocycles. The van der Waals surface area contributed by atoms with Crippen molar-refractivity contribution in [3.63, 3.8) is 0 Å². The zero-order valence-corrected chi connectivity index (χ0v) is 13.1. The highest BCUT2D eigenvalue weighted by Crippen LogP contribution is 2.42. The fourth-order valence-corrected chi connectivity index (χ4v) is 3.70. The van der Waals surface area contributed by atoms with Gasteiger partial charge in [0, 0.05) is 10.5 Å². The molecule has 3 nitrogen and oxygen atoms in total. The van der Waals surface area contributed by atoms with Gasteiger partial charge >= 0.3 is 0 Å². The third-order valence-corrected chi connectivity index (χ3v) is 4.72. The van der Waals surface area contributed by atoms with Crippen LogP contribution in [0.25, 0.3) is 11.0 Å². The molecule has 1 heterocycles. The average molecular weight is 322 g/mol. The topological polar surface area (TPSA) is 43.8 Å². The highest BCUT2D eigenvalue weighted by molar-refractivity contribution is 9.10. The Kier molecular flexibility index (Phi) is 3.08. The number of hydrogen-bond acceptors (Lipinski definition) is 2. The molecule has 19 heavy (non-hydrogen) atoms. The Bertz CT molecular complexity index is 615. The minimum Gasteiger partial charge on any atom is -0.369 e. The summed E-state index contributed by atoms with van der Waals surface area (Å²) in [6, 6.07) is 6.70. The molecule has 3 rings (SSSR count). The highest BCUT2D eigenvalue weighted by Gasteiger charge is 2.30. The van der Waals surface area contributed by atoms with E-state index < -0.39 is 0 Å². The summed E-state index contributed by atoms with van der Waals surface area (Å²) >= 11 is 3.49. The predicted octanol–water partition coefficient (Wildman–Crippen LogP) is 4.52. The van der Waals surface area contributed by atoms with E-state index in [1.54, 1.807) is 0 Å². The fraction of sp³-hybridized carbons (Fsp3) is 0.533. The zero-order chi connectivity index (χ0) is 13.6. The summed E-state index contributed by atoms with van der Waals surface area (Å²) in [4.78, 5) is 4.51. The van der Waals surface area contributed by atoms with Crippen LogP contribution in [0.1, 0.15) is 45.6 Å². The number of hydrogen-bond donors (Lipinski definition) is 1. The third-order valence-electron chi connectivity index (χ3n) is 4.22. The van der Waals surface area contributed by atoms with Crippen molar-refractivity contribution in [2.24, 2.45) is 5.41 Å². The number of anilines is 1. The molecule has 1 aliphatic carbocycles. The number of aromatic nitrogens is 2. The molecule has 1 fully saturated rings. The summed E-state index contributed by atoms with van der Waals surface area (Å²) in [5, 5.41) is 0. The average Bonchev–Trinajstić information content (AvgIpc) is 2.62. The molecule has 1 saturated carbocycles. The van der Waals surface area contributed by atoms with Crippen LogP contribution in [-0.2, 0) is 0 Å². The van der Waals surface area contributed by atoms with Crippen LogP contribution in [0.5, 0.6) is 0 Å². The van der Waals surface area contributed by atoms with Crippen LogP contribution in [0.3, 0.4) is 0 Å². The molecule has 0 amide bonds. The number of rotatable bonds is 1. The van der Waals surface area contributed by atoms with E-state index in [1.165, 1.54) is 25.7 Å². The second-order valence-electron chi connectivity index (χ2n) is 6.39. The molecule has 1 unspecified atom stereocenters. The van der Waals surface area contributed by atoms with Crippen LogP contribution in [0.15, 0.2) is 22.7 Å². The summed E-state index contributed by atoms with van der Waals surface area (Å²) in [7, 11) is 0. The minimum absolute atomic E-state index is 0.404. The van der Waals surface area contributed by atoms with Gasteiger partial charge in [-0.05, 0) is 42.9 Å². The standard InChI is InChI=1S/C15H20BrN3/c1-15(2)7-3-4-11(9-15)19-13-6-5-10(16)8-12(13)18-14(19)17/h5-6,8,11H,3-4,7,9H2,1-2H3,(H2,17,18). The van der Waals surface area contributed by atoms with E-state index in [1.807, 2.05) is 6.07 Å². The van der Waals surface area contributed by atoms with E-state index in [9.17, 15) is 0 Å². The van der Waals surface area contributed by atoms with Crippen molar-refractivity contribution >= 4 is 32.9 Å². The van der Waals surface area contributed by atoms with Crippen LogP contribution in [0.4, 0.5) is 5.95 Å². The van der Waals surface area contributed by atoms with E-state index in [4.69, 9.17) is 5.73 Å². The first-order valence-corrected chi connectivity index (χ1v) is 7.68. The van der Waals surface area contributed by atoms with Crippen LogP contribution >= 0.6 is 15.9 Å². The van der Waals surface area contributed by atoms with Gasteiger partial charge in [-0.1, -0.05) is 36.2 Å². The van der Waals surface area contributed by atoms with E-state index in [2.05, 4.69) is 51.5 Å². The molecule has 1 aliphatic rings. The maximum atomic E-state index is 6.16. The van der Waals surface area contributed by atoms with Gasteiger partial charge in [0.15, 0.2) is 0 Å². The number of halogens is 1. The molecular weight excluding hydrogens is 302 g/mol. The number of nitrogens with zero attached hydrogens (tertiary/aromatic N) is 2. The van der Waals surface area contributed by atoms with Crippen molar-refractivity contribution < 1.29 is 0 Å². The molecule has 1 aromatic heterocycles. The SMILES string of the molecule is CC1(C)CCCC(n2c(N)nc3cc(Br)ccc32)C1. The van der Waals surface area contributed by atoms with Crippen molar-refractivity contribution in [1.82, 2.24) is 9.55 Å². The number of benzene rings is 1. The van der Waals surface area contributed by atoms with Gasteiger partial charge in [0.25, 0.3) is 0 Å². The minimum atomic E-state index is 0.404. The zero-order valence-electron chi connectivity index (χ0n) is 11.5. The third kappa shape index (κ3) is 2.38. The van der Waals surface area contributed by atoms with Crippen molar-refractivity contribution in [3.8, 4) is 0 Å². The molecule has 4 heteroatoms. The lowest BCUT2D eigenvalue weighted by atomic mass is 9.75. The Morgan fingerprint density at radius 3 is 2.95 bits per heavy atom. The number of nitrogens with two attached hydrogens (primary N) is 1. The van der Waals surface area contributed by atoms with Gasteiger partial charge in [-0.25, -0.2) is 4.98 Å². The molecule has 0 bridgehead atoms. The molecule has 0 spiro atoms. The maximum absolute atomic E-state index is 6.16. The Balaban J connectivity index is 2.07. The van der Waals surface area contributed by atoms with Crippen molar-refractivity contribution in [1.29, 1.82) is 0 Å². The molecule has 0 aliphatic heterocycles. The van der Waals surface area contributed by atoms with Gasteiger partial charge in [-0.2, -0.15) is 0 Å². The van der Waals surface area contributed by atoms with E-state index in [0.717, 1.165) is 15.5 Å².